The number of likely N-dealkylation sites (N-methyl/N-ethyl adjacent to an activating group) is 1. The van der Waals surface area contributed by atoms with E-state index in [0.29, 0.717) is 6.61 Å². The summed E-state index contributed by atoms with van der Waals surface area (Å²) in [4.78, 5) is 6.58. The first-order valence-electron chi connectivity index (χ1n) is 6.71. The van der Waals surface area contributed by atoms with E-state index in [1.54, 1.807) is 0 Å². The van der Waals surface area contributed by atoms with Gasteiger partial charge in [0.25, 0.3) is 0 Å². The predicted molar refractivity (Wildman–Crippen MR) is 85.1 cm³/mol. The number of hydrogen-bond acceptors (Lipinski definition) is 3. The summed E-state index contributed by atoms with van der Waals surface area (Å²) in [5.41, 5.74) is 1.13. The Labute approximate surface area is 128 Å². The van der Waals surface area contributed by atoms with Gasteiger partial charge in [-0.1, -0.05) is 28.1 Å². The van der Waals surface area contributed by atoms with Crippen molar-refractivity contribution >= 4 is 15.9 Å². The molecule has 1 aromatic heterocycles. The van der Waals surface area contributed by atoms with Crippen molar-refractivity contribution in [3.05, 3.63) is 58.8 Å². The van der Waals surface area contributed by atoms with Gasteiger partial charge in [0.15, 0.2) is 0 Å². The molecule has 20 heavy (non-hydrogen) atoms. The highest BCUT2D eigenvalue weighted by Crippen LogP contribution is 2.17. The lowest BCUT2D eigenvalue weighted by Gasteiger charge is -2.16. The van der Waals surface area contributed by atoms with E-state index in [-0.39, 0.29) is 0 Å². The molecule has 0 spiro atoms. The van der Waals surface area contributed by atoms with Gasteiger partial charge in [0.05, 0.1) is 0 Å². The number of rotatable bonds is 7. The third kappa shape index (κ3) is 5.31. The van der Waals surface area contributed by atoms with Gasteiger partial charge in [-0.15, -0.1) is 0 Å². The van der Waals surface area contributed by atoms with Crippen LogP contribution in [-0.2, 0) is 6.42 Å². The molecule has 0 aliphatic rings. The number of pyridine rings is 1. The van der Waals surface area contributed by atoms with E-state index in [1.807, 2.05) is 42.6 Å². The van der Waals surface area contributed by atoms with Crippen LogP contribution in [0.1, 0.15) is 5.69 Å². The maximum atomic E-state index is 5.72. The zero-order valence-corrected chi connectivity index (χ0v) is 13.2. The molecule has 0 atom stereocenters. The average molecular weight is 335 g/mol. The van der Waals surface area contributed by atoms with Crippen LogP contribution in [-0.4, -0.2) is 36.6 Å². The fraction of sp³-hybridized carbons (Fsp3) is 0.312. The second-order valence-corrected chi connectivity index (χ2v) is 5.60. The minimum atomic E-state index is 0.690. The average Bonchev–Trinajstić information content (AvgIpc) is 2.46. The lowest BCUT2D eigenvalue weighted by atomic mass is 10.2. The topological polar surface area (TPSA) is 25.4 Å². The Kier molecular flexibility index (Phi) is 6.02. The van der Waals surface area contributed by atoms with E-state index in [1.165, 1.54) is 0 Å². The minimum Gasteiger partial charge on any atom is -0.492 e. The third-order valence-corrected chi connectivity index (χ3v) is 3.51. The van der Waals surface area contributed by atoms with Gasteiger partial charge in [-0.05, 0) is 37.4 Å². The summed E-state index contributed by atoms with van der Waals surface area (Å²) in [6.07, 6.45) is 2.81. The van der Waals surface area contributed by atoms with Crippen molar-refractivity contribution in [3.8, 4) is 5.75 Å². The summed E-state index contributed by atoms with van der Waals surface area (Å²) in [5, 5.41) is 0. The highest BCUT2D eigenvalue weighted by Gasteiger charge is 2.01. The summed E-state index contributed by atoms with van der Waals surface area (Å²) >= 11 is 3.44. The maximum Gasteiger partial charge on any atom is 0.120 e. The Morgan fingerprint density at radius 1 is 1.15 bits per heavy atom. The molecule has 2 aromatic rings. The predicted octanol–water partition coefficient (Wildman–Crippen LogP) is 3.40. The van der Waals surface area contributed by atoms with E-state index in [4.69, 9.17) is 4.74 Å². The standard InChI is InChI=1S/C16H19BrN2O/c1-19(10-8-15-6-2-3-9-18-15)11-12-20-16-7-4-5-14(17)13-16/h2-7,9,13H,8,10-12H2,1H3. The summed E-state index contributed by atoms with van der Waals surface area (Å²) < 4.78 is 6.76. The van der Waals surface area contributed by atoms with Crippen molar-refractivity contribution in [1.29, 1.82) is 0 Å². The Morgan fingerprint density at radius 3 is 2.80 bits per heavy atom. The number of halogens is 1. The van der Waals surface area contributed by atoms with Crippen molar-refractivity contribution in [2.24, 2.45) is 0 Å². The van der Waals surface area contributed by atoms with E-state index >= 15 is 0 Å². The summed E-state index contributed by atoms with van der Waals surface area (Å²) in [5.74, 6) is 0.900. The zero-order valence-electron chi connectivity index (χ0n) is 11.6. The van der Waals surface area contributed by atoms with Crippen LogP contribution >= 0.6 is 15.9 Å². The van der Waals surface area contributed by atoms with Gasteiger partial charge in [0, 0.05) is 35.9 Å². The molecule has 0 N–H and O–H groups in total. The number of hydrogen-bond donors (Lipinski definition) is 0. The highest BCUT2D eigenvalue weighted by molar-refractivity contribution is 9.10. The molecule has 3 nitrogen and oxygen atoms in total. The van der Waals surface area contributed by atoms with E-state index in [0.717, 1.165) is 35.4 Å². The molecule has 106 valence electrons. The minimum absolute atomic E-state index is 0.690. The first kappa shape index (κ1) is 15.0. The van der Waals surface area contributed by atoms with E-state index in [9.17, 15) is 0 Å². The van der Waals surface area contributed by atoms with Crippen LogP contribution in [0.4, 0.5) is 0 Å². The van der Waals surface area contributed by atoms with E-state index in [2.05, 4.69) is 38.9 Å². The van der Waals surface area contributed by atoms with Crippen molar-refractivity contribution in [1.82, 2.24) is 9.88 Å². The molecule has 4 heteroatoms. The highest BCUT2D eigenvalue weighted by atomic mass is 79.9. The summed E-state index contributed by atoms with van der Waals surface area (Å²) in [7, 11) is 2.10. The second-order valence-electron chi connectivity index (χ2n) is 4.68. The molecule has 0 unspecified atom stereocenters. The number of ether oxygens (including phenoxy) is 1. The Morgan fingerprint density at radius 2 is 2.05 bits per heavy atom. The lowest BCUT2D eigenvalue weighted by molar-refractivity contribution is 0.238. The molecular weight excluding hydrogens is 316 g/mol. The molecule has 0 radical (unpaired) electrons. The Bertz CT molecular complexity index is 519. The van der Waals surface area contributed by atoms with Crippen LogP contribution in [0.15, 0.2) is 53.1 Å². The summed E-state index contributed by atoms with van der Waals surface area (Å²) in [6, 6.07) is 14.0. The van der Waals surface area contributed by atoms with Crippen molar-refractivity contribution < 1.29 is 4.74 Å². The molecule has 1 heterocycles. The lowest BCUT2D eigenvalue weighted by Crippen LogP contribution is -2.26. The molecule has 2 rings (SSSR count). The largest absolute Gasteiger partial charge is 0.492 e. The summed E-state index contributed by atoms with van der Waals surface area (Å²) in [6.45, 7) is 2.58. The fourth-order valence-electron chi connectivity index (χ4n) is 1.84. The van der Waals surface area contributed by atoms with E-state index < -0.39 is 0 Å². The molecule has 0 amide bonds. The molecule has 0 bridgehead atoms. The van der Waals surface area contributed by atoms with Gasteiger partial charge in [0.2, 0.25) is 0 Å². The first-order valence-corrected chi connectivity index (χ1v) is 7.50. The molecule has 0 aliphatic carbocycles. The van der Waals surface area contributed by atoms with Crippen LogP contribution in [0.5, 0.6) is 5.75 Å². The molecule has 0 saturated carbocycles. The normalized spacial score (nSPS) is 10.8. The molecule has 0 saturated heterocycles. The fourth-order valence-corrected chi connectivity index (χ4v) is 2.22. The van der Waals surface area contributed by atoms with Gasteiger partial charge in [-0.3, -0.25) is 4.98 Å². The van der Waals surface area contributed by atoms with Gasteiger partial charge < -0.3 is 9.64 Å². The number of aromatic nitrogens is 1. The van der Waals surface area contributed by atoms with Gasteiger partial charge in [-0.2, -0.15) is 0 Å². The third-order valence-electron chi connectivity index (χ3n) is 3.01. The SMILES string of the molecule is CN(CCOc1cccc(Br)c1)CCc1ccccn1. The first-order chi connectivity index (χ1) is 9.74. The maximum absolute atomic E-state index is 5.72. The van der Waals surface area contributed by atoms with Crippen LogP contribution in [0.25, 0.3) is 0 Å². The van der Waals surface area contributed by atoms with Crippen molar-refractivity contribution in [2.75, 3.05) is 26.7 Å². The van der Waals surface area contributed by atoms with Crippen molar-refractivity contribution in [3.63, 3.8) is 0 Å². The quantitative estimate of drug-likeness (QED) is 0.775. The molecule has 0 fully saturated rings. The Balaban J connectivity index is 1.66. The molecule has 1 aromatic carbocycles. The van der Waals surface area contributed by atoms with Crippen LogP contribution in [0, 0.1) is 0 Å². The van der Waals surface area contributed by atoms with Crippen molar-refractivity contribution in [2.45, 2.75) is 6.42 Å². The monoisotopic (exact) mass is 334 g/mol. The number of nitrogens with zero attached hydrogens (tertiary/aromatic N) is 2. The van der Waals surface area contributed by atoms with Crippen LogP contribution in [0.2, 0.25) is 0 Å². The zero-order chi connectivity index (χ0) is 14.2. The van der Waals surface area contributed by atoms with Crippen LogP contribution < -0.4 is 4.74 Å². The number of benzene rings is 1. The second kappa shape index (κ2) is 8.02. The molecular formula is C16H19BrN2O. The Hall–Kier alpha value is -1.39. The molecule has 0 aliphatic heterocycles. The van der Waals surface area contributed by atoms with Gasteiger partial charge in [0.1, 0.15) is 12.4 Å². The van der Waals surface area contributed by atoms with Gasteiger partial charge >= 0.3 is 0 Å². The smallest absolute Gasteiger partial charge is 0.120 e. The van der Waals surface area contributed by atoms with Crippen LogP contribution in [0.3, 0.4) is 0 Å². The van der Waals surface area contributed by atoms with Gasteiger partial charge in [-0.25, -0.2) is 0 Å².